The Labute approximate surface area is 145 Å². The molecule has 0 unspecified atom stereocenters. The average molecular weight is 283 g/mol. The van der Waals surface area contributed by atoms with Crippen LogP contribution in [0.4, 0.5) is 4.79 Å². The third-order valence-corrected chi connectivity index (χ3v) is 3.15. The summed E-state index contributed by atoms with van der Waals surface area (Å²) < 4.78 is 29.5. The maximum atomic E-state index is 11.6. The van der Waals surface area contributed by atoms with Crippen molar-refractivity contribution in [3.63, 3.8) is 0 Å². The van der Waals surface area contributed by atoms with Crippen LogP contribution in [-0.2, 0) is 14.8 Å². The molecule has 0 atom stereocenters. The van der Waals surface area contributed by atoms with Crippen LogP contribution in [0.25, 0.3) is 0 Å². The molecule has 0 radical (unpaired) electrons. The number of carbonyl (C=O) groups excluding carboxylic acids is 1. The van der Waals surface area contributed by atoms with E-state index in [0.717, 1.165) is 5.56 Å². The van der Waals surface area contributed by atoms with Gasteiger partial charge in [0.05, 0.1) is 11.5 Å². The number of sulfonamides is 1. The van der Waals surface area contributed by atoms with Crippen molar-refractivity contribution in [3.05, 3.63) is 29.8 Å². The molecular formula is C10H14KNO4S. The molecule has 7 heteroatoms. The predicted octanol–water partition coefficient (Wildman–Crippen LogP) is -1.45. The van der Waals surface area contributed by atoms with E-state index in [1.807, 2.05) is 6.92 Å². The van der Waals surface area contributed by atoms with Gasteiger partial charge in [-0.05, 0) is 26.0 Å². The first-order chi connectivity index (χ1) is 7.45. The van der Waals surface area contributed by atoms with Crippen LogP contribution in [0.3, 0.4) is 0 Å². The van der Waals surface area contributed by atoms with Gasteiger partial charge in [-0.2, -0.15) is 0 Å². The average Bonchev–Trinajstić information content (AvgIpc) is 2.17. The normalized spacial score (nSPS) is 10.2. The fourth-order valence-electron chi connectivity index (χ4n) is 1.05. The number of ether oxygens (including phenoxy) is 1. The summed E-state index contributed by atoms with van der Waals surface area (Å²) >= 11 is 0. The molecule has 0 spiro atoms. The molecule has 5 nitrogen and oxygen atoms in total. The van der Waals surface area contributed by atoms with E-state index in [1.54, 1.807) is 23.8 Å². The summed E-state index contributed by atoms with van der Waals surface area (Å²) in [7, 11) is -3.82. The maximum Gasteiger partial charge on any atom is 1.00 e. The predicted molar refractivity (Wildman–Crippen MR) is 59.6 cm³/mol. The molecule has 1 rings (SSSR count). The number of carbonyl (C=O) groups is 1. The van der Waals surface area contributed by atoms with Gasteiger partial charge in [0.1, 0.15) is 0 Å². The Bertz CT molecular complexity index is 475. The SMILES string of the molecule is CCOC(=O)NS(=O)(=O)c1ccc(C)cc1.[H-].[K+]. The van der Waals surface area contributed by atoms with Crippen LogP contribution in [0.15, 0.2) is 29.2 Å². The number of hydrogen-bond donors (Lipinski definition) is 1. The van der Waals surface area contributed by atoms with E-state index in [9.17, 15) is 13.2 Å². The smallest absolute Gasteiger partial charge is 1.00 e. The number of benzene rings is 1. The summed E-state index contributed by atoms with van der Waals surface area (Å²) in [6.45, 7) is 3.56. The van der Waals surface area contributed by atoms with Crippen LogP contribution in [0.5, 0.6) is 0 Å². The third kappa shape index (κ3) is 5.50. The fraction of sp³-hybridized carbons (Fsp3) is 0.300. The second kappa shape index (κ2) is 7.50. The number of aryl methyl sites for hydroxylation is 1. The standard InChI is InChI=1S/C10H13NO4S.K.H/c1-3-15-10(12)11-16(13,14)9-6-4-8(2)5-7-9;;/h4-7H,3H2,1-2H3,(H,11,12);;/q;+1;-1. The molecule has 0 bridgehead atoms. The van der Waals surface area contributed by atoms with Gasteiger partial charge < -0.3 is 6.16 Å². The Morgan fingerprint density at radius 1 is 1.35 bits per heavy atom. The number of hydrogen-bond acceptors (Lipinski definition) is 4. The molecule has 1 aromatic carbocycles. The maximum absolute atomic E-state index is 11.6. The Hall–Kier alpha value is 0.0764. The van der Waals surface area contributed by atoms with Gasteiger partial charge in [-0.1, -0.05) is 17.7 Å². The van der Waals surface area contributed by atoms with Crippen molar-refractivity contribution < 1.29 is 70.8 Å². The van der Waals surface area contributed by atoms with Crippen molar-refractivity contribution in [1.29, 1.82) is 0 Å². The molecule has 1 amide bonds. The zero-order valence-corrected chi connectivity index (χ0v) is 14.0. The van der Waals surface area contributed by atoms with E-state index in [4.69, 9.17) is 0 Å². The Morgan fingerprint density at radius 2 is 1.88 bits per heavy atom. The van der Waals surface area contributed by atoms with Gasteiger partial charge in [-0.3, -0.25) is 0 Å². The van der Waals surface area contributed by atoms with Gasteiger partial charge in [-0.25, -0.2) is 17.9 Å². The molecule has 1 aromatic rings. The van der Waals surface area contributed by atoms with E-state index in [2.05, 4.69) is 4.74 Å². The number of nitrogens with one attached hydrogen (secondary N) is 1. The molecule has 0 aliphatic rings. The molecule has 0 aliphatic heterocycles. The van der Waals surface area contributed by atoms with Crippen LogP contribution < -0.4 is 56.1 Å². The molecule has 0 aromatic heterocycles. The Kier molecular flexibility index (Phi) is 7.53. The first-order valence-electron chi connectivity index (χ1n) is 4.72. The van der Waals surface area contributed by atoms with Gasteiger partial charge in [-0.15, -0.1) is 0 Å². The molecule has 0 saturated carbocycles. The van der Waals surface area contributed by atoms with Crippen LogP contribution in [0.1, 0.15) is 13.9 Å². The zero-order valence-electron chi connectivity index (χ0n) is 11.1. The van der Waals surface area contributed by atoms with Crippen molar-refractivity contribution in [2.45, 2.75) is 18.7 Å². The van der Waals surface area contributed by atoms with Gasteiger partial charge in [0.15, 0.2) is 0 Å². The minimum atomic E-state index is -3.82. The second-order valence-electron chi connectivity index (χ2n) is 3.14. The van der Waals surface area contributed by atoms with Crippen molar-refractivity contribution in [1.82, 2.24) is 4.72 Å². The first-order valence-corrected chi connectivity index (χ1v) is 6.20. The molecule has 90 valence electrons. The van der Waals surface area contributed by atoms with Crippen LogP contribution in [-0.4, -0.2) is 21.1 Å². The van der Waals surface area contributed by atoms with Crippen LogP contribution in [0.2, 0.25) is 0 Å². The topological polar surface area (TPSA) is 72.5 Å². The van der Waals surface area contributed by atoms with E-state index < -0.39 is 16.1 Å². The Balaban J connectivity index is 0. The van der Waals surface area contributed by atoms with E-state index >= 15 is 0 Å². The molecule has 0 saturated heterocycles. The van der Waals surface area contributed by atoms with Crippen LogP contribution in [0, 0.1) is 6.92 Å². The van der Waals surface area contributed by atoms with Gasteiger partial charge >= 0.3 is 57.5 Å². The summed E-state index contributed by atoms with van der Waals surface area (Å²) in [5, 5.41) is 0. The molecule has 17 heavy (non-hydrogen) atoms. The molecule has 1 N–H and O–H groups in total. The van der Waals surface area contributed by atoms with Crippen molar-refractivity contribution in [2.24, 2.45) is 0 Å². The van der Waals surface area contributed by atoms with Crippen molar-refractivity contribution in [3.8, 4) is 0 Å². The third-order valence-electron chi connectivity index (χ3n) is 1.82. The van der Waals surface area contributed by atoms with E-state index in [-0.39, 0.29) is 64.3 Å². The van der Waals surface area contributed by atoms with Gasteiger partial charge in [0, 0.05) is 0 Å². The monoisotopic (exact) mass is 283 g/mol. The van der Waals surface area contributed by atoms with Gasteiger partial charge in [0.2, 0.25) is 0 Å². The minimum absolute atomic E-state index is 0. The number of rotatable bonds is 3. The molecular weight excluding hydrogens is 269 g/mol. The fourth-order valence-corrected chi connectivity index (χ4v) is 1.94. The summed E-state index contributed by atoms with van der Waals surface area (Å²) in [4.78, 5) is 11.0. The van der Waals surface area contributed by atoms with E-state index in [1.165, 1.54) is 12.1 Å². The van der Waals surface area contributed by atoms with Gasteiger partial charge in [0.25, 0.3) is 10.0 Å². The summed E-state index contributed by atoms with van der Waals surface area (Å²) in [5.41, 5.74) is 0.940. The number of amides is 1. The van der Waals surface area contributed by atoms with Crippen molar-refractivity contribution >= 4 is 16.1 Å². The summed E-state index contributed by atoms with van der Waals surface area (Å²) in [5.74, 6) is 0. The van der Waals surface area contributed by atoms with Crippen molar-refractivity contribution in [2.75, 3.05) is 6.61 Å². The van der Waals surface area contributed by atoms with Crippen LogP contribution >= 0.6 is 0 Å². The minimum Gasteiger partial charge on any atom is -1.00 e. The molecule has 0 heterocycles. The summed E-state index contributed by atoms with van der Waals surface area (Å²) in [6, 6.07) is 6.16. The summed E-state index contributed by atoms with van der Waals surface area (Å²) in [6.07, 6.45) is -0.969. The molecule has 0 aliphatic carbocycles. The first kappa shape index (κ1) is 17.1. The zero-order chi connectivity index (χ0) is 12.2. The molecule has 0 fully saturated rings. The quantitative estimate of drug-likeness (QED) is 0.689. The largest absolute Gasteiger partial charge is 1.00 e. The Morgan fingerprint density at radius 3 is 2.35 bits per heavy atom. The second-order valence-corrected chi connectivity index (χ2v) is 4.82. The van der Waals surface area contributed by atoms with E-state index in [0.29, 0.717) is 0 Å².